The fourth-order valence-electron chi connectivity index (χ4n) is 3.35. The summed E-state index contributed by atoms with van der Waals surface area (Å²) < 4.78 is 3.68. The van der Waals surface area contributed by atoms with Gasteiger partial charge in [0.1, 0.15) is 0 Å². The van der Waals surface area contributed by atoms with E-state index >= 15 is 0 Å². The first kappa shape index (κ1) is 14.0. The minimum Gasteiger partial charge on any atom is -0.331 e. The molecule has 1 aliphatic heterocycles. The van der Waals surface area contributed by atoms with E-state index in [1.807, 2.05) is 47.1 Å². The monoisotopic (exact) mass is 309 g/mol. The number of likely N-dealkylation sites (tertiary alicyclic amines) is 1. The van der Waals surface area contributed by atoms with Crippen molar-refractivity contribution in [2.45, 2.75) is 25.3 Å². The fraction of sp³-hybridized carbons (Fsp3) is 0.353. The number of nitrogens with zero attached hydrogens (tertiary/aromatic N) is 5. The van der Waals surface area contributed by atoms with Gasteiger partial charge < -0.3 is 9.30 Å². The summed E-state index contributed by atoms with van der Waals surface area (Å²) >= 11 is 0. The van der Waals surface area contributed by atoms with Crippen LogP contribution in [0, 0.1) is 0 Å². The maximum Gasteiger partial charge on any atom is 0.255 e. The van der Waals surface area contributed by atoms with E-state index in [1.165, 1.54) is 0 Å². The Morgan fingerprint density at radius 2 is 2.13 bits per heavy atom. The van der Waals surface area contributed by atoms with Gasteiger partial charge in [0.2, 0.25) is 0 Å². The summed E-state index contributed by atoms with van der Waals surface area (Å²) in [6, 6.07) is 3.93. The zero-order valence-corrected chi connectivity index (χ0v) is 13.1. The first-order valence-electron chi connectivity index (χ1n) is 7.93. The maximum absolute atomic E-state index is 13.0. The molecule has 0 radical (unpaired) electrons. The number of carbonyl (C=O) groups excluding carboxylic acids is 1. The molecule has 3 aromatic heterocycles. The average Bonchev–Trinajstić information content (AvgIpc) is 3.22. The Hall–Kier alpha value is -2.63. The van der Waals surface area contributed by atoms with Crippen LogP contribution in [0.3, 0.4) is 0 Å². The summed E-state index contributed by atoms with van der Waals surface area (Å²) in [7, 11) is 1.91. The molecule has 0 spiro atoms. The van der Waals surface area contributed by atoms with Gasteiger partial charge in [-0.3, -0.25) is 9.48 Å². The van der Waals surface area contributed by atoms with E-state index in [1.54, 1.807) is 17.2 Å². The van der Waals surface area contributed by atoms with Crippen molar-refractivity contribution < 1.29 is 4.79 Å². The largest absolute Gasteiger partial charge is 0.331 e. The van der Waals surface area contributed by atoms with Crippen LogP contribution in [0.4, 0.5) is 0 Å². The molecule has 23 heavy (non-hydrogen) atoms. The number of carbonyl (C=O) groups is 1. The van der Waals surface area contributed by atoms with E-state index < -0.39 is 0 Å². The quantitative estimate of drug-likeness (QED) is 0.730. The standard InChI is InChI=1S/C17H19N5O/c1-20-10-14(8-19-20)16-4-2-3-7-22(16)17(23)13-5-6-15-9-18-12-21(15)11-13/h5-6,8-12,16H,2-4,7H2,1H3. The summed E-state index contributed by atoms with van der Waals surface area (Å²) in [6.45, 7) is 0.792. The highest BCUT2D eigenvalue weighted by Crippen LogP contribution is 2.31. The Morgan fingerprint density at radius 3 is 2.96 bits per heavy atom. The molecule has 0 aromatic carbocycles. The highest BCUT2D eigenvalue weighted by molar-refractivity contribution is 5.94. The number of aryl methyl sites for hydroxylation is 1. The molecule has 1 amide bonds. The van der Waals surface area contributed by atoms with Crippen molar-refractivity contribution in [3.63, 3.8) is 0 Å². The number of imidazole rings is 1. The molecule has 1 fully saturated rings. The van der Waals surface area contributed by atoms with Crippen LogP contribution in [0.15, 0.2) is 43.2 Å². The van der Waals surface area contributed by atoms with Crippen LogP contribution in [0.25, 0.3) is 5.52 Å². The van der Waals surface area contributed by atoms with Crippen molar-refractivity contribution in [3.8, 4) is 0 Å². The maximum atomic E-state index is 13.0. The Balaban J connectivity index is 1.66. The lowest BCUT2D eigenvalue weighted by Gasteiger charge is -2.35. The van der Waals surface area contributed by atoms with Gasteiger partial charge in [0.25, 0.3) is 5.91 Å². The molecule has 6 nitrogen and oxygen atoms in total. The first-order valence-corrected chi connectivity index (χ1v) is 7.93. The van der Waals surface area contributed by atoms with E-state index in [-0.39, 0.29) is 11.9 Å². The van der Waals surface area contributed by atoms with Gasteiger partial charge in [0.15, 0.2) is 0 Å². The van der Waals surface area contributed by atoms with Crippen molar-refractivity contribution in [3.05, 3.63) is 54.4 Å². The molecule has 0 aliphatic carbocycles. The smallest absolute Gasteiger partial charge is 0.255 e. The second-order valence-corrected chi connectivity index (χ2v) is 6.10. The second kappa shape index (κ2) is 5.53. The molecule has 1 atom stereocenters. The number of amides is 1. The summed E-state index contributed by atoms with van der Waals surface area (Å²) in [5, 5.41) is 4.26. The highest BCUT2D eigenvalue weighted by atomic mass is 16.2. The average molecular weight is 309 g/mol. The van der Waals surface area contributed by atoms with Gasteiger partial charge >= 0.3 is 0 Å². The first-order chi connectivity index (χ1) is 11.2. The van der Waals surface area contributed by atoms with Crippen molar-refractivity contribution >= 4 is 11.4 Å². The van der Waals surface area contributed by atoms with Gasteiger partial charge in [0, 0.05) is 31.5 Å². The van der Waals surface area contributed by atoms with Crippen LogP contribution in [0.5, 0.6) is 0 Å². The molecule has 4 rings (SSSR count). The second-order valence-electron chi connectivity index (χ2n) is 6.10. The lowest BCUT2D eigenvalue weighted by Crippen LogP contribution is -2.38. The minimum atomic E-state index is 0.0779. The van der Waals surface area contributed by atoms with Crippen LogP contribution in [0.1, 0.15) is 41.2 Å². The minimum absolute atomic E-state index is 0.0779. The Bertz CT molecular complexity index is 849. The summed E-state index contributed by atoms with van der Waals surface area (Å²) in [5.74, 6) is 0.0779. The molecule has 1 saturated heterocycles. The van der Waals surface area contributed by atoms with Gasteiger partial charge in [-0.05, 0) is 31.4 Å². The zero-order chi connectivity index (χ0) is 15.8. The van der Waals surface area contributed by atoms with E-state index in [9.17, 15) is 4.79 Å². The molecule has 1 unspecified atom stereocenters. The predicted octanol–water partition coefficient (Wildman–Crippen LogP) is 2.44. The van der Waals surface area contributed by atoms with E-state index in [0.29, 0.717) is 5.56 Å². The van der Waals surface area contributed by atoms with E-state index in [4.69, 9.17) is 0 Å². The van der Waals surface area contributed by atoms with Gasteiger partial charge in [0.05, 0.1) is 35.8 Å². The van der Waals surface area contributed by atoms with Gasteiger partial charge in [-0.1, -0.05) is 0 Å². The third-order valence-corrected chi connectivity index (χ3v) is 4.53. The predicted molar refractivity (Wildman–Crippen MR) is 86.0 cm³/mol. The van der Waals surface area contributed by atoms with Gasteiger partial charge in [-0.2, -0.15) is 5.10 Å². The number of pyridine rings is 1. The zero-order valence-electron chi connectivity index (χ0n) is 13.1. The number of piperidine rings is 1. The van der Waals surface area contributed by atoms with Crippen molar-refractivity contribution in [2.24, 2.45) is 7.05 Å². The Kier molecular flexibility index (Phi) is 3.37. The molecular weight excluding hydrogens is 290 g/mol. The lowest BCUT2D eigenvalue weighted by molar-refractivity contribution is 0.0611. The molecule has 3 aromatic rings. The third kappa shape index (κ3) is 2.50. The summed E-state index contributed by atoms with van der Waals surface area (Å²) in [6.07, 6.45) is 12.4. The Labute approximate surface area is 134 Å². The van der Waals surface area contributed by atoms with E-state index in [2.05, 4.69) is 10.1 Å². The fourth-order valence-corrected chi connectivity index (χ4v) is 3.35. The molecule has 6 heteroatoms. The third-order valence-electron chi connectivity index (χ3n) is 4.53. The molecule has 4 heterocycles. The molecule has 0 saturated carbocycles. The number of rotatable bonds is 2. The topological polar surface area (TPSA) is 55.4 Å². The van der Waals surface area contributed by atoms with Gasteiger partial charge in [-0.25, -0.2) is 4.98 Å². The van der Waals surface area contributed by atoms with Crippen LogP contribution in [-0.2, 0) is 7.05 Å². The highest BCUT2D eigenvalue weighted by Gasteiger charge is 2.29. The van der Waals surface area contributed by atoms with Crippen LogP contribution in [-0.4, -0.2) is 36.5 Å². The van der Waals surface area contributed by atoms with Crippen LogP contribution < -0.4 is 0 Å². The number of hydrogen-bond acceptors (Lipinski definition) is 3. The molecular formula is C17H19N5O. The van der Waals surface area contributed by atoms with Crippen LogP contribution >= 0.6 is 0 Å². The lowest BCUT2D eigenvalue weighted by atomic mass is 9.96. The summed E-state index contributed by atoms with van der Waals surface area (Å²) in [5.41, 5.74) is 2.81. The van der Waals surface area contributed by atoms with E-state index in [0.717, 1.165) is 36.9 Å². The Morgan fingerprint density at radius 1 is 1.22 bits per heavy atom. The summed E-state index contributed by atoms with van der Waals surface area (Å²) in [4.78, 5) is 19.1. The van der Waals surface area contributed by atoms with Crippen molar-refractivity contribution in [1.29, 1.82) is 0 Å². The molecule has 0 bridgehead atoms. The molecule has 1 aliphatic rings. The molecule has 118 valence electrons. The van der Waals surface area contributed by atoms with Crippen LogP contribution in [0.2, 0.25) is 0 Å². The SMILES string of the molecule is Cn1cc(C2CCCCN2C(=O)c2ccc3cncn3c2)cn1. The number of hydrogen-bond donors (Lipinski definition) is 0. The van der Waals surface area contributed by atoms with Crippen molar-refractivity contribution in [2.75, 3.05) is 6.54 Å². The van der Waals surface area contributed by atoms with Crippen molar-refractivity contribution in [1.82, 2.24) is 24.1 Å². The van der Waals surface area contributed by atoms with Gasteiger partial charge in [-0.15, -0.1) is 0 Å². The normalized spacial score (nSPS) is 18.5. The number of aromatic nitrogens is 4. The molecule has 0 N–H and O–H groups in total. The number of fused-ring (bicyclic) bond motifs is 1.